The van der Waals surface area contributed by atoms with E-state index in [0.29, 0.717) is 0 Å². The van der Waals surface area contributed by atoms with E-state index in [-0.39, 0.29) is 5.41 Å². The van der Waals surface area contributed by atoms with Crippen LogP contribution in [0.4, 0.5) is 0 Å². The molecule has 0 aromatic heterocycles. The highest BCUT2D eigenvalue weighted by Crippen LogP contribution is 2.33. The van der Waals surface area contributed by atoms with Gasteiger partial charge in [-0.2, -0.15) is 0 Å². The number of piperidine rings is 2. The molecule has 116 valence electrons. The molecule has 3 unspecified atom stereocenters. The average molecular weight is 281 g/mol. The largest absolute Gasteiger partial charge is 0.381 e. The van der Waals surface area contributed by atoms with E-state index in [4.69, 9.17) is 10.5 Å². The molecule has 3 rings (SSSR count). The molecule has 3 fully saturated rings. The van der Waals surface area contributed by atoms with Crippen LogP contribution in [0.2, 0.25) is 0 Å². The van der Waals surface area contributed by atoms with Gasteiger partial charge in [0.05, 0.1) is 6.61 Å². The zero-order valence-corrected chi connectivity index (χ0v) is 13.0. The molecule has 0 saturated carbocycles. The van der Waals surface area contributed by atoms with Gasteiger partial charge in [0.25, 0.3) is 0 Å². The molecule has 0 aromatic rings. The molecule has 3 heterocycles. The van der Waals surface area contributed by atoms with Gasteiger partial charge in [-0.05, 0) is 58.2 Å². The first kappa shape index (κ1) is 14.8. The Morgan fingerprint density at radius 1 is 1.25 bits per heavy atom. The van der Waals surface area contributed by atoms with Gasteiger partial charge in [0.15, 0.2) is 0 Å². The fraction of sp³-hybridized carbons (Fsp3) is 1.00. The second-order valence-corrected chi connectivity index (χ2v) is 7.33. The lowest BCUT2D eigenvalue weighted by Gasteiger charge is -2.48. The predicted octanol–water partition coefficient (Wildman–Crippen LogP) is 1.16. The maximum Gasteiger partial charge on any atom is 0.0546 e. The van der Waals surface area contributed by atoms with Gasteiger partial charge in [-0.1, -0.05) is 0 Å². The fourth-order valence-electron chi connectivity index (χ4n) is 4.61. The summed E-state index contributed by atoms with van der Waals surface area (Å²) in [6, 6.07) is 0.830. The first-order valence-corrected chi connectivity index (χ1v) is 8.43. The minimum Gasteiger partial charge on any atom is -0.381 e. The van der Waals surface area contributed by atoms with Crippen LogP contribution >= 0.6 is 0 Å². The molecule has 3 atom stereocenters. The maximum atomic E-state index is 6.09. The highest BCUT2D eigenvalue weighted by molar-refractivity contribution is 4.93. The van der Waals surface area contributed by atoms with Crippen LogP contribution in [0.25, 0.3) is 0 Å². The molecule has 0 aromatic carbocycles. The topological polar surface area (TPSA) is 41.7 Å². The van der Waals surface area contributed by atoms with E-state index in [0.717, 1.165) is 38.3 Å². The molecule has 0 radical (unpaired) electrons. The van der Waals surface area contributed by atoms with Crippen LogP contribution in [-0.4, -0.2) is 68.8 Å². The Morgan fingerprint density at radius 3 is 2.90 bits per heavy atom. The number of likely N-dealkylation sites (tertiary alicyclic amines) is 2. The zero-order valence-electron chi connectivity index (χ0n) is 13.0. The van der Waals surface area contributed by atoms with Crippen LogP contribution in [0.1, 0.15) is 32.1 Å². The standard InChI is InChI=1S/C16H31N3O/c1-18-7-2-4-14-10-19(8-5-15(14)18)12-16(11-17)6-3-9-20-13-16/h14-15H,2-13,17H2,1H3. The summed E-state index contributed by atoms with van der Waals surface area (Å²) in [4.78, 5) is 5.27. The molecule has 2 N–H and O–H groups in total. The summed E-state index contributed by atoms with van der Waals surface area (Å²) in [5.41, 5.74) is 6.32. The average Bonchev–Trinajstić information content (AvgIpc) is 2.48. The molecule has 20 heavy (non-hydrogen) atoms. The SMILES string of the molecule is CN1CCCC2CN(CC3(CN)CCCOC3)CCC21. The molecular formula is C16H31N3O. The summed E-state index contributed by atoms with van der Waals surface area (Å²) in [5.74, 6) is 0.877. The zero-order chi connectivity index (χ0) is 14.0. The molecule has 4 nitrogen and oxygen atoms in total. The minimum absolute atomic E-state index is 0.228. The second-order valence-electron chi connectivity index (χ2n) is 7.33. The Hall–Kier alpha value is -0.160. The van der Waals surface area contributed by atoms with Gasteiger partial charge in [-0.15, -0.1) is 0 Å². The molecule has 3 saturated heterocycles. The summed E-state index contributed by atoms with van der Waals surface area (Å²) in [6.07, 6.45) is 6.55. The first-order chi connectivity index (χ1) is 9.72. The van der Waals surface area contributed by atoms with Crippen molar-refractivity contribution >= 4 is 0 Å². The van der Waals surface area contributed by atoms with Gasteiger partial charge >= 0.3 is 0 Å². The summed E-state index contributed by atoms with van der Waals surface area (Å²) in [7, 11) is 2.31. The van der Waals surface area contributed by atoms with Crippen LogP contribution < -0.4 is 5.73 Å². The Morgan fingerprint density at radius 2 is 2.15 bits per heavy atom. The Bertz CT molecular complexity index is 317. The van der Waals surface area contributed by atoms with Crippen LogP contribution in [0.5, 0.6) is 0 Å². The number of ether oxygens (including phenoxy) is 1. The Balaban J connectivity index is 1.58. The second kappa shape index (κ2) is 6.30. The first-order valence-electron chi connectivity index (χ1n) is 8.43. The predicted molar refractivity (Wildman–Crippen MR) is 81.7 cm³/mol. The number of nitrogens with two attached hydrogens (primary N) is 1. The summed E-state index contributed by atoms with van der Waals surface area (Å²) >= 11 is 0. The highest BCUT2D eigenvalue weighted by atomic mass is 16.5. The van der Waals surface area contributed by atoms with Crippen molar-refractivity contribution < 1.29 is 4.74 Å². The summed E-state index contributed by atoms with van der Waals surface area (Å²) in [5, 5.41) is 0. The van der Waals surface area contributed by atoms with Crippen molar-refractivity contribution in [1.29, 1.82) is 0 Å². The lowest BCUT2D eigenvalue weighted by Crippen LogP contribution is -2.56. The number of hydrogen-bond donors (Lipinski definition) is 1. The van der Waals surface area contributed by atoms with Crippen molar-refractivity contribution in [1.82, 2.24) is 9.80 Å². The van der Waals surface area contributed by atoms with Crippen molar-refractivity contribution in [2.45, 2.75) is 38.1 Å². The lowest BCUT2D eigenvalue weighted by molar-refractivity contribution is -0.0395. The highest BCUT2D eigenvalue weighted by Gasteiger charge is 2.38. The third-order valence-corrected chi connectivity index (χ3v) is 5.83. The normalized spacial score (nSPS) is 40.5. The number of rotatable bonds is 3. The van der Waals surface area contributed by atoms with E-state index in [1.165, 1.54) is 51.7 Å². The number of nitrogens with zero attached hydrogens (tertiary/aromatic N) is 2. The number of hydrogen-bond acceptors (Lipinski definition) is 4. The Kier molecular flexibility index (Phi) is 4.65. The van der Waals surface area contributed by atoms with Crippen molar-refractivity contribution in [2.75, 3.05) is 53.0 Å². The maximum absolute atomic E-state index is 6.09. The summed E-state index contributed by atoms with van der Waals surface area (Å²) in [6.45, 7) is 7.53. The smallest absolute Gasteiger partial charge is 0.0546 e. The third-order valence-electron chi connectivity index (χ3n) is 5.83. The molecule has 0 aliphatic carbocycles. The molecule has 0 spiro atoms. The molecule has 3 aliphatic heterocycles. The Labute approximate surface area is 123 Å². The quantitative estimate of drug-likeness (QED) is 0.843. The van der Waals surface area contributed by atoms with E-state index in [1.807, 2.05) is 0 Å². The third kappa shape index (κ3) is 3.03. The molecule has 4 heteroatoms. The molecular weight excluding hydrogens is 250 g/mol. The van der Waals surface area contributed by atoms with E-state index < -0.39 is 0 Å². The lowest BCUT2D eigenvalue weighted by atomic mass is 9.79. The van der Waals surface area contributed by atoms with Gasteiger partial charge in [0.2, 0.25) is 0 Å². The van der Waals surface area contributed by atoms with E-state index in [2.05, 4.69) is 16.8 Å². The van der Waals surface area contributed by atoms with Crippen molar-refractivity contribution in [3.63, 3.8) is 0 Å². The van der Waals surface area contributed by atoms with Gasteiger partial charge in [-0.25, -0.2) is 0 Å². The van der Waals surface area contributed by atoms with Gasteiger partial charge < -0.3 is 20.3 Å². The van der Waals surface area contributed by atoms with Crippen molar-refractivity contribution in [3.8, 4) is 0 Å². The van der Waals surface area contributed by atoms with Crippen LogP contribution in [0, 0.1) is 11.3 Å². The summed E-state index contributed by atoms with van der Waals surface area (Å²) < 4.78 is 5.73. The van der Waals surface area contributed by atoms with Crippen molar-refractivity contribution in [3.05, 3.63) is 0 Å². The minimum atomic E-state index is 0.228. The van der Waals surface area contributed by atoms with Gasteiger partial charge in [0, 0.05) is 37.7 Å². The van der Waals surface area contributed by atoms with Crippen LogP contribution in [-0.2, 0) is 4.74 Å². The fourth-order valence-corrected chi connectivity index (χ4v) is 4.61. The molecule has 3 aliphatic rings. The molecule has 0 bridgehead atoms. The monoisotopic (exact) mass is 281 g/mol. The van der Waals surface area contributed by atoms with Crippen molar-refractivity contribution in [2.24, 2.45) is 17.1 Å². The van der Waals surface area contributed by atoms with E-state index in [1.54, 1.807) is 0 Å². The molecule has 0 amide bonds. The van der Waals surface area contributed by atoms with Gasteiger partial charge in [0.1, 0.15) is 0 Å². The van der Waals surface area contributed by atoms with Crippen LogP contribution in [0.15, 0.2) is 0 Å². The van der Waals surface area contributed by atoms with E-state index in [9.17, 15) is 0 Å². The van der Waals surface area contributed by atoms with Crippen LogP contribution in [0.3, 0.4) is 0 Å². The van der Waals surface area contributed by atoms with E-state index >= 15 is 0 Å². The van der Waals surface area contributed by atoms with Gasteiger partial charge in [-0.3, -0.25) is 0 Å². The number of fused-ring (bicyclic) bond motifs is 1.